The number of nitrogens with one attached hydrogen (secondary N) is 1. The van der Waals surface area contributed by atoms with Crippen molar-refractivity contribution in [2.45, 2.75) is 6.92 Å². The Bertz CT molecular complexity index is 814. The molecule has 0 spiro atoms. The van der Waals surface area contributed by atoms with Crippen molar-refractivity contribution < 1.29 is 13.9 Å². The van der Waals surface area contributed by atoms with Crippen LogP contribution in [0.2, 0.25) is 5.15 Å². The molecule has 2 aromatic rings. The number of hydrogen-bond acceptors (Lipinski definition) is 4. The number of ether oxygens (including phenoxy) is 1. The highest BCUT2D eigenvalue weighted by atomic mass is 35.5. The third kappa shape index (κ3) is 5.15. The smallest absolute Gasteiger partial charge is 0.244 e. The Morgan fingerprint density at radius 2 is 2.04 bits per heavy atom. The number of nitrogens with zero attached hydrogens (tertiary/aromatic N) is 3. The van der Waals surface area contributed by atoms with Gasteiger partial charge in [-0.25, -0.2) is 9.07 Å². The van der Waals surface area contributed by atoms with Gasteiger partial charge in [0.1, 0.15) is 11.0 Å². The highest BCUT2D eigenvalue weighted by molar-refractivity contribution is 6.31. The minimum atomic E-state index is -0.326. The molecule has 1 aliphatic heterocycles. The molecule has 0 saturated carbocycles. The fourth-order valence-electron chi connectivity index (χ4n) is 2.83. The topological polar surface area (TPSA) is 59.4 Å². The van der Waals surface area contributed by atoms with Gasteiger partial charge in [-0.05, 0) is 37.3 Å². The molecular weight excluding hydrogens is 371 g/mol. The van der Waals surface area contributed by atoms with Gasteiger partial charge in [0.2, 0.25) is 5.91 Å². The zero-order chi connectivity index (χ0) is 19.2. The molecule has 1 aromatic heterocycles. The lowest BCUT2D eigenvalue weighted by atomic mass is 10.2. The summed E-state index contributed by atoms with van der Waals surface area (Å²) in [5, 5.41) is 7.61. The molecule has 1 fully saturated rings. The van der Waals surface area contributed by atoms with Crippen molar-refractivity contribution >= 4 is 23.6 Å². The molecule has 27 heavy (non-hydrogen) atoms. The zero-order valence-corrected chi connectivity index (χ0v) is 15.9. The molecule has 1 amide bonds. The molecule has 144 valence electrons. The largest absolute Gasteiger partial charge is 0.379 e. The molecule has 3 rings (SSSR count). The summed E-state index contributed by atoms with van der Waals surface area (Å²) in [5.74, 6) is -0.513. The maximum Gasteiger partial charge on any atom is 0.244 e. The molecule has 0 unspecified atom stereocenters. The summed E-state index contributed by atoms with van der Waals surface area (Å²) in [7, 11) is 0. The lowest BCUT2D eigenvalue weighted by molar-refractivity contribution is -0.116. The summed E-state index contributed by atoms with van der Waals surface area (Å²) in [5.41, 5.74) is 1.99. The zero-order valence-electron chi connectivity index (χ0n) is 15.1. The van der Waals surface area contributed by atoms with Crippen LogP contribution in [-0.4, -0.2) is 60.0 Å². The van der Waals surface area contributed by atoms with Gasteiger partial charge in [0.05, 0.1) is 24.6 Å². The summed E-state index contributed by atoms with van der Waals surface area (Å²) < 4.78 is 19.9. The third-order valence-electron chi connectivity index (χ3n) is 4.35. The van der Waals surface area contributed by atoms with Gasteiger partial charge in [0.15, 0.2) is 0 Å². The normalized spacial score (nSPS) is 15.4. The number of carbonyl (C=O) groups is 1. The van der Waals surface area contributed by atoms with Crippen molar-refractivity contribution in [2.75, 3.05) is 39.4 Å². The molecule has 8 heteroatoms. The maximum absolute atomic E-state index is 13.1. The van der Waals surface area contributed by atoms with Crippen LogP contribution >= 0.6 is 11.6 Å². The second-order valence-electron chi connectivity index (χ2n) is 6.26. The number of hydrogen-bond donors (Lipinski definition) is 1. The van der Waals surface area contributed by atoms with Crippen LogP contribution < -0.4 is 5.32 Å². The van der Waals surface area contributed by atoms with Crippen LogP contribution in [-0.2, 0) is 9.53 Å². The van der Waals surface area contributed by atoms with E-state index in [4.69, 9.17) is 16.3 Å². The van der Waals surface area contributed by atoms with E-state index in [2.05, 4.69) is 15.3 Å². The minimum absolute atomic E-state index is 0.187. The Balaban J connectivity index is 1.59. The van der Waals surface area contributed by atoms with Gasteiger partial charge in [0.25, 0.3) is 0 Å². The highest BCUT2D eigenvalue weighted by Crippen LogP contribution is 2.24. The van der Waals surface area contributed by atoms with Gasteiger partial charge in [-0.1, -0.05) is 11.6 Å². The lowest BCUT2D eigenvalue weighted by Crippen LogP contribution is -2.41. The summed E-state index contributed by atoms with van der Waals surface area (Å²) in [4.78, 5) is 14.3. The first-order valence-electron chi connectivity index (χ1n) is 8.81. The fraction of sp³-hybridized carbons (Fsp3) is 0.368. The van der Waals surface area contributed by atoms with Crippen LogP contribution in [0.3, 0.4) is 0 Å². The molecule has 0 radical (unpaired) electrons. The molecular formula is C19H22ClFN4O2. The predicted octanol–water partition coefficient (Wildman–Crippen LogP) is 2.43. The minimum Gasteiger partial charge on any atom is -0.379 e. The third-order valence-corrected chi connectivity index (χ3v) is 4.72. The van der Waals surface area contributed by atoms with Crippen molar-refractivity contribution in [3.8, 4) is 5.69 Å². The number of amides is 1. The summed E-state index contributed by atoms with van der Waals surface area (Å²) in [6, 6.07) is 5.89. The van der Waals surface area contributed by atoms with Gasteiger partial charge in [-0.2, -0.15) is 5.10 Å². The average Bonchev–Trinajstić information content (AvgIpc) is 2.95. The Morgan fingerprint density at radius 1 is 1.33 bits per heavy atom. The van der Waals surface area contributed by atoms with E-state index < -0.39 is 0 Å². The van der Waals surface area contributed by atoms with Gasteiger partial charge in [0, 0.05) is 37.8 Å². The first-order chi connectivity index (χ1) is 13.0. The SMILES string of the molecule is Cc1nn(-c2ccc(F)cc2)c(Cl)c1C=CC(=O)NCCN1CCOCC1. The molecule has 1 saturated heterocycles. The summed E-state index contributed by atoms with van der Waals surface area (Å²) in [6.07, 6.45) is 3.10. The Hall–Kier alpha value is -2.22. The van der Waals surface area contributed by atoms with Gasteiger partial charge in [-0.3, -0.25) is 9.69 Å². The lowest BCUT2D eigenvalue weighted by Gasteiger charge is -2.26. The number of halogens is 2. The monoisotopic (exact) mass is 392 g/mol. The maximum atomic E-state index is 13.1. The molecule has 1 N–H and O–H groups in total. The predicted molar refractivity (Wildman–Crippen MR) is 103 cm³/mol. The van der Waals surface area contributed by atoms with Crippen LogP contribution in [0.1, 0.15) is 11.3 Å². The number of rotatable bonds is 6. The van der Waals surface area contributed by atoms with E-state index in [1.807, 2.05) is 6.92 Å². The van der Waals surface area contributed by atoms with Crippen LogP contribution in [0.15, 0.2) is 30.3 Å². The second-order valence-corrected chi connectivity index (χ2v) is 6.61. The molecule has 0 atom stereocenters. The Labute approximate surface area is 162 Å². The van der Waals surface area contributed by atoms with Gasteiger partial charge >= 0.3 is 0 Å². The van der Waals surface area contributed by atoms with Crippen LogP contribution in [0.5, 0.6) is 0 Å². The quantitative estimate of drug-likeness (QED) is 0.767. The van der Waals surface area contributed by atoms with Crippen LogP contribution in [0.25, 0.3) is 11.8 Å². The van der Waals surface area contributed by atoms with E-state index in [9.17, 15) is 9.18 Å². The average molecular weight is 393 g/mol. The fourth-order valence-corrected chi connectivity index (χ4v) is 3.17. The van der Waals surface area contributed by atoms with Crippen molar-refractivity contribution in [3.63, 3.8) is 0 Å². The Kier molecular flexibility index (Phi) is 6.60. The molecule has 1 aliphatic rings. The van der Waals surface area contributed by atoms with Crippen molar-refractivity contribution in [1.29, 1.82) is 0 Å². The van der Waals surface area contributed by atoms with E-state index in [0.29, 0.717) is 28.6 Å². The van der Waals surface area contributed by atoms with Crippen LogP contribution in [0.4, 0.5) is 4.39 Å². The number of carbonyl (C=O) groups excluding carboxylic acids is 1. The van der Waals surface area contributed by atoms with Crippen molar-refractivity contribution in [1.82, 2.24) is 20.0 Å². The van der Waals surface area contributed by atoms with E-state index in [0.717, 1.165) is 32.8 Å². The number of aromatic nitrogens is 2. The Morgan fingerprint density at radius 3 is 2.74 bits per heavy atom. The number of aryl methyl sites for hydroxylation is 1. The van der Waals surface area contributed by atoms with E-state index in [-0.39, 0.29) is 11.7 Å². The number of morpholine rings is 1. The van der Waals surface area contributed by atoms with E-state index in [1.165, 1.54) is 22.9 Å². The van der Waals surface area contributed by atoms with E-state index >= 15 is 0 Å². The molecule has 0 aliphatic carbocycles. The van der Waals surface area contributed by atoms with Crippen molar-refractivity contribution in [3.05, 3.63) is 52.6 Å². The molecule has 6 nitrogen and oxygen atoms in total. The summed E-state index contributed by atoms with van der Waals surface area (Å²) in [6.45, 7) is 6.44. The molecule has 0 bridgehead atoms. The first kappa shape index (κ1) is 19.5. The van der Waals surface area contributed by atoms with Crippen LogP contribution in [0, 0.1) is 12.7 Å². The first-order valence-corrected chi connectivity index (χ1v) is 9.19. The van der Waals surface area contributed by atoms with E-state index in [1.54, 1.807) is 18.2 Å². The molecule has 1 aromatic carbocycles. The van der Waals surface area contributed by atoms with Crippen molar-refractivity contribution in [2.24, 2.45) is 0 Å². The standard InChI is InChI=1S/C19H22ClFN4O2/c1-14-17(19(20)25(23-14)16-4-2-15(21)3-5-16)6-7-18(26)22-8-9-24-10-12-27-13-11-24/h2-7H,8-13H2,1H3,(H,22,26). The summed E-state index contributed by atoms with van der Waals surface area (Å²) >= 11 is 6.40. The van der Waals surface area contributed by atoms with Gasteiger partial charge in [-0.15, -0.1) is 0 Å². The van der Waals surface area contributed by atoms with Gasteiger partial charge < -0.3 is 10.1 Å². The highest BCUT2D eigenvalue weighted by Gasteiger charge is 2.13. The second kappa shape index (κ2) is 9.12. The molecule has 2 heterocycles. The number of benzene rings is 1.